The summed E-state index contributed by atoms with van der Waals surface area (Å²) in [4.78, 5) is 27.3. The van der Waals surface area contributed by atoms with E-state index in [1.54, 1.807) is 18.9 Å². The van der Waals surface area contributed by atoms with E-state index in [2.05, 4.69) is 5.32 Å². The summed E-state index contributed by atoms with van der Waals surface area (Å²) in [6, 6.07) is 7.64. The number of hydrogen-bond donors (Lipinski definition) is 1. The van der Waals surface area contributed by atoms with Crippen molar-refractivity contribution in [3.8, 4) is 0 Å². The lowest BCUT2D eigenvalue weighted by Crippen LogP contribution is -2.56. The maximum Gasteiger partial charge on any atom is 0.252 e. The van der Waals surface area contributed by atoms with Gasteiger partial charge in [0.1, 0.15) is 0 Å². The molecule has 1 heterocycles. The predicted octanol–water partition coefficient (Wildman–Crippen LogP) is 2.04. The second kappa shape index (κ2) is 4.89. The van der Waals surface area contributed by atoms with Crippen molar-refractivity contribution >= 4 is 29.3 Å². The van der Waals surface area contributed by atoms with Crippen LogP contribution in [-0.2, 0) is 9.59 Å². The summed E-state index contributed by atoms with van der Waals surface area (Å²) < 4.78 is -1.10. The Morgan fingerprint density at radius 1 is 1.37 bits per heavy atom. The quantitative estimate of drug-likeness (QED) is 0.842. The number of hydrogen-bond acceptors (Lipinski definition) is 3. The first-order valence-corrected chi connectivity index (χ1v) is 7.05. The summed E-state index contributed by atoms with van der Waals surface area (Å²) in [7, 11) is 1.71. The van der Waals surface area contributed by atoms with Crippen molar-refractivity contribution < 1.29 is 9.59 Å². The van der Waals surface area contributed by atoms with E-state index in [0.717, 1.165) is 10.6 Å². The predicted molar refractivity (Wildman–Crippen MR) is 77.4 cm³/mol. The van der Waals surface area contributed by atoms with Crippen molar-refractivity contribution in [3.05, 3.63) is 24.3 Å². The molecule has 0 bridgehead atoms. The highest BCUT2D eigenvalue weighted by Gasteiger charge is 2.48. The molecule has 0 radical (unpaired) electrons. The van der Waals surface area contributed by atoms with E-state index in [4.69, 9.17) is 0 Å². The number of anilines is 1. The van der Waals surface area contributed by atoms with Gasteiger partial charge in [-0.25, -0.2) is 0 Å². The molecule has 0 saturated heterocycles. The maximum absolute atomic E-state index is 12.5. The highest BCUT2D eigenvalue weighted by Crippen LogP contribution is 2.44. The molecular formula is C14H18N2O2S. The molecule has 1 unspecified atom stereocenters. The molecule has 0 saturated carbocycles. The van der Waals surface area contributed by atoms with Gasteiger partial charge in [-0.2, -0.15) is 0 Å². The molecule has 0 aliphatic carbocycles. The summed E-state index contributed by atoms with van der Waals surface area (Å²) in [5, 5.41) is 2.83. The molecule has 4 nitrogen and oxygen atoms in total. The monoisotopic (exact) mass is 278 g/mol. The summed E-state index contributed by atoms with van der Waals surface area (Å²) in [6.45, 7) is 5.46. The first-order chi connectivity index (χ1) is 8.86. The number of amides is 2. The number of nitrogens with zero attached hydrogens (tertiary/aromatic N) is 1. The second-order valence-electron chi connectivity index (χ2n) is 5.10. The van der Waals surface area contributed by atoms with Gasteiger partial charge < -0.3 is 10.2 Å². The average Bonchev–Trinajstić information content (AvgIpc) is 2.35. The number of benzene rings is 1. The standard InChI is InChI=1S/C14H18N2O2S/c1-9(2)15-12(17)14(3)13(18)16(4)10-7-5-6-8-11(10)19-14/h5-9H,1-4H3,(H,15,17). The van der Waals surface area contributed by atoms with Crippen LogP contribution < -0.4 is 10.2 Å². The molecule has 1 aromatic carbocycles. The fourth-order valence-corrected chi connectivity index (χ4v) is 3.33. The van der Waals surface area contributed by atoms with Crippen molar-refractivity contribution in [3.63, 3.8) is 0 Å². The third-order valence-electron chi connectivity index (χ3n) is 3.11. The Kier molecular flexibility index (Phi) is 3.58. The van der Waals surface area contributed by atoms with Crippen molar-refractivity contribution in [2.24, 2.45) is 0 Å². The molecule has 1 aliphatic rings. The SMILES string of the molecule is CC(C)NC(=O)C1(C)Sc2ccccc2N(C)C1=O. The molecule has 19 heavy (non-hydrogen) atoms. The molecule has 1 atom stereocenters. The van der Waals surface area contributed by atoms with Crippen molar-refractivity contribution in [2.75, 3.05) is 11.9 Å². The molecule has 0 fully saturated rings. The molecular weight excluding hydrogens is 260 g/mol. The lowest BCUT2D eigenvalue weighted by atomic mass is 10.1. The highest BCUT2D eigenvalue weighted by atomic mass is 32.2. The molecule has 5 heteroatoms. The molecule has 102 valence electrons. The van der Waals surface area contributed by atoms with Crippen LogP contribution in [0.4, 0.5) is 5.69 Å². The van der Waals surface area contributed by atoms with Crippen LogP contribution in [0.1, 0.15) is 20.8 Å². The Morgan fingerprint density at radius 3 is 2.63 bits per heavy atom. The topological polar surface area (TPSA) is 49.4 Å². The van der Waals surface area contributed by atoms with Crippen LogP contribution >= 0.6 is 11.8 Å². The van der Waals surface area contributed by atoms with Crippen LogP contribution in [0.15, 0.2) is 29.2 Å². The number of fused-ring (bicyclic) bond motifs is 1. The van der Waals surface area contributed by atoms with Crippen molar-refractivity contribution in [2.45, 2.75) is 36.5 Å². The van der Waals surface area contributed by atoms with E-state index in [1.165, 1.54) is 11.8 Å². The zero-order valence-corrected chi connectivity index (χ0v) is 12.4. The summed E-state index contributed by atoms with van der Waals surface area (Å²) in [5.74, 6) is -0.423. The second-order valence-corrected chi connectivity index (χ2v) is 6.56. The summed E-state index contributed by atoms with van der Waals surface area (Å²) >= 11 is 1.32. The normalized spacial score (nSPS) is 22.4. The minimum absolute atomic E-state index is 0.0141. The number of carbonyl (C=O) groups excluding carboxylic acids is 2. The fraction of sp³-hybridized carbons (Fsp3) is 0.429. The fourth-order valence-electron chi connectivity index (χ4n) is 2.06. The van der Waals surface area contributed by atoms with E-state index in [-0.39, 0.29) is 17.9 Å². The number of nitrogens with one attached hydrogen (secondary N) is 1. The molecule has 1 aliphatic heterocycles. The number of rotatable bonds is 2. The van der Waals surface area contributed by atoms with Crippen LogP contribution in [0.3, 0.4) is 0 Å². The molecule has 1 N–H and O–H groups in total. The van der Waals surface area contributed by atoms with Gasteiger partial charge >= 0.3 is 0 Å². The molecule has 2 amide bonds. The van der Waals surface area contributed by atoms with Gasteiger partial charge in [-0.05, 0) is 32.9 Å². The Balaban J connectivity index is 2.39. The van der Waals surface area contributed by atoms with Gasteiger partial charge in [-0.15, -0.1) is 0 Å². The number of carbonyl (C=O) groups is 2. The largest absolute Gasteiger partial charge is 0.352 e. The van der Waals surface area contributed by atoms with E-state index in [0.29, 0.717) is 0 Å². The molecule has 0 spiro atoms. The van der Waals surface area contributed by atoms with Gasteiger partial charge in [0, 0.05) is 18.0 Å². The minimum Gasteiger partial charge on any atom is -0.352 e. The van der Waals surface area contributed by atoms with E-state index < -0.39 is 4.75 Å². The Morgan fingerprint density at radius 2 is 2.00 bits per heavy atom. The first kappa shape index (κ1) is 13.9. The Bertz CT molecular complexity index is 530. The third kappa shape index (κ3) is 2.34. The Hall–Kier alpha value is -1.49. The van der Waals surface area contributed by atoms with Crippen LogP contribution in [0.25, 0.3) is 0 Å². The highest BCUT2D eigenvalue weighted by molar-refractivity contribution is 8.02. The summed E-state index contributed by atoms with van der Waals surface area (Å²) in [6.07, 6.45) is 0. The van der Waals surface area contributed by atoms with E-state index in [9.17, 15) is 9.59 Å². The van der Waals surface area contributed by atoms with Gasteiger partial charge in [0.05, 0.1) is 5.69 Å². The van der Waals surface area contributed by atoms with Gasteiger partial charge in [-0.3, -0.25) is 9.59 Å². The first-order valence-electron chi connectivity index (χ1n) is 6.23. The van der Waals surface area contributed by atoms with Crippen molar-refractivity contribution in [1.29, 1.82) is 0 Å². The van der Waals surface area contributed by atoms with Crippen LogP contribution in [0.2, 0.25) is 0 Å². The smallest absolute Gasteiger partial charge is 0.252 e. The molecule has 1 aromatic rings. The maximum atomic E-state index is 12.5. The van der Waals surface area contributed by atoms with Gasteiger partial charge in [0.15, 0.2) is 4.75 Å². The lowest BCUT2D eigenvalue weighted by Gasteiger charge is -2.37. The Labute approximate surface area is 117 Å². The van der Waals surface area contributed by atoms with Crippen LogP contribution in [-0.4, -0.2) is 29.7 Å². The zero-order valence-electron chi connectivity index (χ0n) is 11.6. The van der Waals surface area contributed by atoms with E-state index in [1.807, 2.05) is 38.1 Å². The van der Waals surface area contributed by atoms with E-state index >= 15 is 0 Å². The number of para-hydroxylation sites is 1. The third-order valence-corrected chi connectivity index (χ3v) is 4.44. The zero-order chi connectivity index (χ0) is 14.2. The molecule has 2 rings (SSSR count). The lowest BCUT2D eigenvalue weighted by molar-refractivity contribution is -0.131. The van der Waals surface area contributed by atoms with Gasteiger partial charge in [0.25, 0.3) is 5.91 Å². The summed E-state index contributed by atoms with van der Waals surface area (Å²) in [5.41, 5.74) is 0.854. The average molecular weight is 278 g/mol. The van der Waals surface area contributed by atoms with Crippen LogP contribution in [0.5, 0.6) is 0 Å². The van der Waals surface area contributed by atoms with Crippen molar-refractivity contribution in [1.82, 2.24) is 5.32 Å². The number of thioether (sulfide) groups is 1. The van der Waals surface area contributed by atoms with Gasteiger partial charge in [0.2, 0.25) is 5.91 Å². The minimum atomic E-state index is -1.10. The van der Waals surface area contributed by atoms with Crippen LogP contribution in [0, 0.1) is 0 Å². The molecule has 0 aromatic heterocycles. The van der Waals surface area contributed by atoms with Gasteiger partial charge in [-0.1, -0.05) is 23.9 Å².